The Morgan fingerprint density at radius 2 is 2.18 bits per heavy atom. The van der Waals surface area contributed by atoms with Gasteiger partial charge in [0, 0.05) is 12.3 Å². The van der Waals surface area contributed by atoms with E-state index >= 15 is 0 Å². The molecule has 118 valence electrons. The highest BCUT2D eigenvalue weighted by Crippen LogP contribution is 2.26. The lowest BCUT2D eigenvalue weighted by Crippen LogP contribution is -2.11. The molecule has 0 aliphatic carbocycles. The van der Waals surface area contributed by atoms with Crippen LogP contribution in [0.4, 0.5) is 5.69 Å². The van der Waals surface area contributed by atoms with Gasteiger partial charge in [0.05, 0.1) is 25.9 Å². The number of aromatic nitrogens is 2. The molecule has 0 saturated heterocycles. The number of ether oxygens (including phenoxy) is 3. The molecular formula is C15H19N3O4. The number of benzene rings is 1. The summed E-state index contributed by atoms with van der Waals surface area (Å²) in [5.74, 6) is 0.801. The van der Waals surface area contributed by atoms with Crippen molar-refractivity contribution < 1.29 is 19.0 Å². The van der Waals surface area contributed by atoms with Crippen LogP contribution < -0.4 is 15.2 Å². The summed E-state index contributed by atoms with van der Waals surface area (Å²) in [6.45, 7) is 2.99. The number of nitrogens with two attached hydrogens (primary N) is 1. The van der Waals surface area contributed by atoms with Gasteiger partial charge in [-0.05, 0) is 25.1 Å². The van der Waals surface area contributed by atoms with Crippen LogP contribution in [0.5, 0.6) is 11.5 Å². The van der Waals surface area contributed by atoms with Crippen LogP contribution in [0.1, 0.15) is 17.4 Å². The lowest BCUT2D eigenvalue weighted by atomic mass is 10.3. The third-order valence-electron chi connectivity index (χ3n) is 2.92. The van der Waals surface area contributed by atoms with E-state index in [9.17, 15) is 4.79 Å². The molecule has 2 rings (SSSR count). The predicted octanol–water partition coefficient (Wildman–Crippen LogP) is 1.73. The average molecular weight is 305 g/mol. The van der Waals surface area contributed by atoms with Gasteiger partial charge in [0.2, 0.25) is 0 Å². The number of nitrogens with zero attached hydrogens (tertiary/aromatic N) is 2. The Bertz CT molecular complexity index is 639. The van der Waals surface area contributed by atoms with E-state index in [1.165, 1.54) is 0 Å². The molecule has 0 amide bonds. The standard InChI is InChI=1S/C15H19N3O4/c1-3-21-15(19)13-6-7-18(17-13)8-9-22-11-4-5-12(16)14(10-11)20-2/h4-7,10H,3,8-9,16H2,1-2H3. The molecule has 0 radical (unpaired) electrons. The van der Waals surface area contributed by atoms with Gasteiger partial charge in [0.25, 0.3) is 0 Å². The number of carbonyl (C=O) groups excluding carboxylic acids is 1. The van der Waals surface area contributed by atoms with E-state index in [4.69, 9.17) is 19.9 Å². The molecule has 1 aromatic carbocycles. The van der Waals surface area contributed by atoms with Gasteiger partial charge in [-0.2, -0.15) is 5.10 Å². The first-order valence-electron chi connectivity index (χ1n) is 6.91. The molecule has 0 unspecified atom stereocenters. The zero-order chi connectivity index (χ0) is 15.9. The summed E-state index contributed by atoms with van der Waals surface area (Å²) in [6.07, 6.45) is 1.71. The molecule has 1 heterocycles. The number of esters is 1. The first-order chi connectivity index (χ1) is 10.6. The highest BCUT2D eigenvalue weighted by atomic mass is 16.5. The summed E-state index contributed by atoms with van der Waals surface area (Å²) in [4.78, 5) is 11.5. The van der Waals surface area contributed by atoms with E-state index in [-0.39, 0.29) is 5.69 Å². The highest BCUT2D eigenvalue weighted by molar-refractivity contribution is 5.86. The largest absolute Gasteiger partial charge is 0.494 e. The van der Waals surface area contributed by atoms with E-state index in [0.717, 1.165) is 0 Å². The van der Waals surface area contributed by atoms with Crippen LogP contribution in [0.15, 0.2) is 30.5 Å². The fourth-order valence-electron chi connectivity index (χ4n) is 1.84. The van der Waals surface area contributed by atoms with Crippen molar-refractivity contribution in [3.05, 3.63) is 36.2 Å². The first kappa shape index (κ1) is 15.7. The number of anilines is 1. The molecule has 0 aliphatic rings. The monoisotopic (exact) mass is 305 g/mol. The molecular weight excluding hydrogens is 286 g/mol. The molecule has 0 fully saturated rings. The number of hydrogen-bond acceptors (Lipinski definition) is 6. The van der Waals surface area contributed by atoms with E-state index in [1.54, 1.807) is 49.2 Å². The summed E-state index contributed by atoms with van der Waals surface area (Å²) in [5, 5.41) is 4.13. The Morgan fingerprint density at radius 3 is 2.91 bits per heavy atom. The van der Waals surface area contributed by atoms with Crippen LogP contribution in [0, 0.1) is 0 Å². The fraction of sp³-hybridized carbons (Fsp3) is 0.333. The molecule has 0 saturated carbocycles. The lowest BCUT2D eigenvalue weighted by molar-refractivity contribution is 0.0518. The molecule has 0 aliphatic heterocycles. The second kappa shape index (κ2) is 7.35. The summed E-state index contributed by atoms with van der Waals surface area (Å²) in [7, 11) is 1.55. The van der Waals surface area contributed by atoms with Crippen molar-refractivity contribution >= 4 is 11.7 Å². The van der Waals surface area contributed by atoms with Gasteiger partial charge in [-0.3, -0.25) is 4.68 Å². The van der Waals surface area contributed by atoms with Crippen LogP contribution >= 0.6 is 0 Å². The lowest BCUT2D eigenvalue weighted by Gasteiger charge is -2.09. The molecule has 7 heteroatoms. The summed E-state index contributed by atoms with van der Waals surface area (Å²) in [5.41, 5.74) is 6.58. The Labute approximate surface area is 128 Å². The molecule has 7 nitrogen and oxygen atoms in total. The van der Waals surface area contributed by atoms with E-state index < -0.39 is 5.97 Å². The van der Waals surface area contributed by atoms with Crippen molar-refractivity contribution in [2.75, 3.05) is 26.1 Å². The Kier molecular flexibility index (Phi) is 5.24. The number of rotatable bonds is 7. The minimum atomic E-state index is -0.426. The van der Waals surface area contributed by atoms with E-state index in [2.05, 4.69) is 5.10 Å². The van der Waals surface area contributed by atoms with Crippen molar-refractivity contribution in [3.63, 3.8) is 0 Å². The minimum absolute atomic E-state index is 0.288. The Balaban J connectivity index is 1.87. The van der Waals surface area contributed by atoms with Crippen molar-refractivity contribution in [3.8, 4) is 11.5 Å². The molecule has 22 heavy (non-hydrogen) atoms. The maximum atomic E-state index is 11.5. The fourth-order valence-corrected chi connectivity index (χ4v) is 1.84. The number of nitrogen functional groups attached to an aromatic ring is 1. The molecule has 1 aromatic heterocycles. The maximum Gasteiger partial charge on any atom is 0.358 e. The topological polar surface area (TPSA) is 88.6 Å². The van der Waals surface area contributed by atoms with Crippen LogP contribution in [0.25, 0.3) is 0 Å². The number of methoxy groups -OCH3 is 1. The van der Waals surface area contributed by atoms with Gasteiger partial charge < -0.3 is 19.9 Å². The van der Waals surface area contributed by atoms with Crippen LogP contribution in [0.2, 0.25) is 0 Å². The summed E-state index contributed by atoms with van der Waals surface area (Å²) >= 11 is 0. The molecule has 0 bridgehead atoms. The Hall–Kier alpha value is -2.70. The normalized spacial score (nSPS) is 10.3. The molecule has 2 aromatic rings. The summed E-state index contributed by atoms with van der Waals surface area (Å²) < 4.78 is 17.2. The van der Waals surface area contributed by atoms with Gasteiger partial charge in [-0.1, -0.05) is 0 Å². The summed E-state index contributed by atoms with van der Waals surface area (Å²) in [6, 6.07) is 6.83. The first-order valence-corrected chi connectivity index (χ1v) is 6.91. The maximum absolute atomic E-state index is 11.5. The quantitative estimate of drug-likeness (QED) is 0.619. The third-order valence-corrected chi connectivity index (χ3v) is 2.92. The second-order valence-electron chi connectivity index (χ2n) is 4.44. The average Bonchev–Trinajstić information content (AvgIpc) is 2.98. The van der Waals surface area contributed by atoms with Gasteiger partial charge in [0.1, 0.15) is 18.1 Å². The Morgan fingerprint density at radius 1 is 1.36 bits per heavy atom. The molecule has 0 atom stereocenters. The SMILES string of the molecule is CCOC(=O)c1ccn(CCOc2ccc(N)c(OC)c2)n1. The van der Waals surface area contributed by atoms with Gasteiger partial charge in [-0.25, -0.2) is 4.79 Å². The highest BCUT2D eigenvalue weighted by Gasteiger charge is 2.10. The van der Waals surface area contributed by atoms with Gasteiger partial charge in [0.15, 0.2) is 5.69 Å². The third kappa shape index (κ3) is 3.91. The minimum Gasteiger partial charge on any atom is -0.494 e. The number of carbonyl (C=O) groups is 1. The van der Waals surface area contributed by atoms with E-state index in [1.807, 2.05) is 0 Å². The molecule has 0 spiro atoms. The molecule has 2 N–H and O–H groups in total. The number of hydrogen-bond donors (Lipinski definition) is 1. The van der Waals surface area contributed by atoms with E-state index in [0.29, 0.717) is 36.9 Å². The zero-order valence-electron chi connectivity index (χ0n) is 12.6. The van der Waals surface area contributed by atoms with Gasteiger partial charge in [-0.15, -0.1) is 0 Å². The van der Waals surface area contributed by atoms with Crippen LogP contribution in [0.3, 0.4) is 0 Å². The van der Waals surface area contributed by atoms with Crippen molar-refractivity contribution in [2.24, 2.45) is 0 Å². The van der Waals surface area contributed by atoms with Crippen molar-refractivity contribution in [1.82, 2.24) is 9.78 Å². The van der Waals surface area contributed by atoms with Crippen LogP contribution in [-0.4, -0.2) is 36.1 Å². The van der Waals surface area contributed by atoms with Crippen LogP contribution in [-0.2, 0) is 11.3 Å². The van der Waals surface area contributed by atoms with Crippen molar-refractivity contribution in [2.45, 2.75) is 13.5 Å². The second-order valence-corrected chi connectivity index (χ2v) is 4.44. The van der Waals surface area contributed by atoms with Gasteiger partial charge >= 0.3 is 5.97 Å². The predicted molar refractivity (Wildman–Crippen MR) is 81.1 cm³/mol. The van der Waals surface area contributed by atoms with Crippen molar-refractivity contribution in [1.29, 1.82) is 0 Å². The smallest absolute Gasteiger partial charge is 0.358 e. The zero-order valence-corrected chi connectivity index (χ0v) is 12.6.